The largest absolute Gasteiger partial charge is 0.394 e. The van der Waals surface area contributed by atoms with Crippen molar-refractivity contribution in [2.45, 2.75) is 38.3 Å². The topological polar surface area (TPSA) is 71.5 Å². The second-order valence-corrected chi connectivity index (χ2v) is 6.93. The number of aryl methyl sites for hydroxylation is 1. The summed E-state index contributed by atoms with van der Waals surface area (Å²) in [5.41, 5.74) is 2.12. The third-order valence-electron chi connectivity index (χ3n) is 4.23. The number of nitrogens with one attached hydrogen (secondary N) is 1. The quantitative estimate of drug-likeness (QED) is 0.843. The molecule has 1 saturated heterocycles. The normalized spacial score (nSPS) is 18.5. The summed E-state index contributed by atoms with van der Waals surface area (Å²) in [7, 11) is 0. The molecule has 24 heavy (non-hydrogen) atoms. The van der Waals surface area contributed by atoms with E-state index in [2.05, 4.69) is 17.2 Å². The van der Waals surface area contributed by atoms with Crippen molar-refractivity contribution in [3.63, 3.8) is 0 Å². The highest BCUT2D eigenvalue weighted by molar-refractivity contribution is 7.13. The van der Waals surface area contributed by atoms with Gasteiger partial charge < -0.3 is 15.2 Å². The van der Waals surface area contributed by atoms with Crippen LogP contribution in [0.2, 0.25) is 0 Å². The van der Waals surface area contributed by atoms with E-state index in [4.69, 9.17) is 4.74 Å². The van der Waals surface area contributed by atoms with Gasteiger partial charge in [0.1, 0.15) is 16.0 Å². The summed E-state index contributed by atoms with van der Waals surface area (Å²) in [5.74, 6) is -0.213. The van der Waals surface area contributed by atoms with Crippen molar-refractivity contribution in [2.24, 2.45) is 0 Å². The molecule has 0 bridgehead atoms. The number of thiazole rings is 1. The molecule has 2 N–H and O–H groups in total. The molecule has 1 aliphatic heterocycles. The molecule has 1 aromatic heterocycles. The van der Waals surface area contributed by atoms with E-state index in [0.29, 0.717) is 4.88 Å². The second-order valence-electron chi connectivity index (χ2n) is 5.87. The van der Waals surface area contributed by atoms with Crippen LogP contribution in [0.4, 0.5) is 0 Å². The first kappa shape index (κ1) is 17.1. The summed E-state index contributed by atoms with van der Waals surface area (Å²) in [6, 6.07) is 7.52. The maximum atomic E-state index is 12.4. The molecule has 2 atom stereocenters. The number of rotatable bonds is 6. The van der Waals surface area contributed by atoms with Gasteiger partial charge in [0, 0.05) is 6.61 Å². The Balaban J connectivity index is 1.67. The van der Waals surface area contributed by atoms with Gasteiger partial charge in [-0.25, -0.2) is 4.98 Å². The lowest BCUT2D eigenvalue weighted by atomic mass is 10.0. The Labute approximate surface area is 145 Å². The highest BCUT2D eigenvalue weighted by Gasteiger charge is 2.23. The number of carbonyl (C=O) groups is 1. The average Bonchev–Trinajstić information content (AvgIpc) is 3.30. The van der Waals surface area contributed by atoms with E-state index < -0.39 is 6.04 Å². The molecular weight excluding hydrogens is 324 g/mol. The minimum Gasteiger partial charge on any atom is -0.394 e. The number of nitrogens with zero attached hydrogens (tertiary/aromatic N) is 1. The Bertz CT molecular complexity index is 678. The highest BCUT2D eigenvalue weighted by atomic mass is 32.1. The standard InChI is InChI=1S/C18H22N2O3S/c1-2-12-5-7-13(8-6-12)14(11-21)20-17(22)16-10-19-18(24-16)15-4-3-9-23-15/h5-8,10,14-15,21H,2-4,9,11H2,1H3,(H,20,22). The number of aliphatic hydroxyl groups is 1. The van der Waals surface area contributed by atoms with E-state index in [1.807, 2.05) is 24.3 Å². The Morgan fingerprint density at radius 1 is 1.46 bits per heavy atom. The SMILES string of the molecule is CCc1ccc(C(CO)NC(=O)c2cnc(C3CCCO3)s2)cc1. The number of ether oxygens (including phenoxy) is 1. The number of hydrogen-bond donors (Lipinski definition) is 2. The first-order chi connectivity index (χ1) is 11.7. The van der Waals surface area contributed by atoms with Gasteiger partial charge in [-0.3, -0.25) is 4.79 Å². The Hall–Kier alpha value is -1.76. The monoisotopic (exact) mass is 346 g/mol. The summed E-state index contributed by atoms with van der Waals surface area (Å²) in [6.45, 7) is 2.70. The molecule has 1 fully saturated rings. The lowest BCUT2D eigenvalue weighted by Crippen LogP contribution is -2.30. The summed E-state index contributed by atoms with van der Waals surface area (Å²) >= 11 is 1.36. The van der Waals surface area contributed by atoms with Crippen molar-refractivity contribution >= 4 is 17.2 Å². The number of aromatic nitrogens is 1. The summed E-state index contributed by atoms with van der Waals surface area (Å²) < 4.78 is 5.60. The lowest BCUT2D eigenvalue weighted by molar-refractivity contribution is 0.0920. The zero-order valence-electron chi connectivity index (χ0n) is 13.7. The maximum absolute atomic E-state index is 12.4. The maximum Gasteiger partial charge on any atom is 0.263 e. The molecular formula is C18H22N2O3S. The molecule has 3 rings (SSSR count). The van der Waals surface area contributed by atoms with E-state index in [0.717, 1.165) is 36.4 Å². The Morgan fingerprint density at radius 3 is 2.88 bits per heavy atom. The number of aliphatic hydroxyl groups excluding tert-OH is 1. The van der Waals surface area contributed by atoms with E-state index in [9.17, 15) is 9.90 Å². The number of hydrogen-bond acceptors (Lipinski definition) is 5. The minimum atomic E-state index is -0.420. The van der Waals surface area contributed by atoms with Crippen molar-refractivity contribution < 1.29 is 14.6 Å². The summed E-state index contributed by atoms with van der Waals surface area (Å²) in [4.78, 5) is 17.3. The Morgan fingerprint density at radius 2 is 2.25 bits per heavy atom. The molecule has 1 amide bonds. The van der Waals surface area contributed by atoms with Crippen molar-refractivity contribution in [1.82, 2.24) is 10.3 Å². The molecule has 1 aromatic carbocycles. The van der Waals surface area contributed by atoms with Gasteiger partial charge in [0.15, 0.2) is 0 Å². The summed E-state index contributed by atoms with van der Waals surface area (Å²) in [6.07, 6.45) is 4.56. The zero-order valence-corrected chi connectivity index (χ0v) is 14.5. The van der Waals surface area contributed by atoms with Gasteiger partial charge >= 0.3 is 0 Å². The van der Waals surface area contributed by atoms with Crippen LogP contribution in [0.1, 0.15) is 57.7 Å². The molecule has 2 aromatic rings. The van der Waals surface area contributed by atoms with Crippen molar-refractivity contribution in [2.75, 3.05) is 13.2 Å². The second kappa shape index (κ2) is 7.88. The molecule has 2 unspecified atom stereocenters. The van der Waals surface area contributed by atoms with Crippen LogP contribution in [-0.2, 0) is 11.2 Å². The van der Waals surface area contributed by atoms with Gasteiger partial charge in [-0.1, -0.05) is 31.2 Å². The van der Waals surface area contributed by atoms with E-state index in [1.165, 1.54) is 16.9 Å². The molecule has 0 radical (unpaired) electrons. The third kappa shape index (κ3) is 3.83. The van der Waals surface area contributed by atoms with Gasteiger partial charge in [0.25, 0.3) is 5.91 Å². The molecule has 128 valence electrons. The number of amides is 1. The molecule has 2 heterocycles. The van der Waals surface area contributed by atoms with Gasteiger partial charge in [0.05, 0.1) is 18.8 Å². The van der Waals surface area contributed by atoms with Crippen LogP contribution < -0.4 is 5.32 Å². The molecule has 0 spiro atoms. The first-order valence-electron chi connectivity index (χ1n) is 8.29. The van der Waals surface area contributed by atoms with Gasteiger partial charge in [-0.05, 0) is 30.4 Å². The average molecular weight is 346 g/mol. The van der Waals surface area contributed by atoms with Crippen molar-refractivity contribution in [3.05, 3.63) is 51.5 Å². The first-order valence-corrected chi connectivity index (χ1v) is 9.10. The van der Waals surface area contributed by atoms with Crippen LogP contribution in [-0.4, -0.2) is 29.2 Å². The van der Waals surface area contributed by atoms with Crippen molar-refractivity contribution in [3.8, 4) is 0 Å². The number of benzene rings is 1. The van der Waals surface area contributed by atoms with Crippen LogP contribution in [0.15, 0.2) is 30.5 Å². The van der Waals surface area contributed by atoms with E-state index >= 15 is 0 Å². The fraction of sp³-hybridized carbons (Fsp3) is 0.444. The molecule has 0 aliphatic carbocycles. The van der Waals surface area contributed by atoms with Gasteiger partial charge in [-0.2, -0.15) is 0 Å². The van der Waals surface area contributed by atoms with E-state index in [-0.39, 0.29) is 18.6 Å². The smallest absolute Gasteiger partial charge is 0.263 e. The molecule has 5 nitrogen and oxygen atoms in total. The lowest BCUT2D eigenvalue weighted by Gasteiger charge is -2.16. The van der Waals surface area contributed by atoms with Gasteiger partial charge in [0.2, 0.25) is 0 Å². The molecule has 0 saturated carbocycles. The van der Waals surface area contributed by atoms with Crippen LogP contribution in [0.25, 0.3) is 0 Å². The fourth-order valence-electron chi connectivity index (χ4n) is 2.76. The molecule has 6 heteroatoms. The van der Waals surface area contributed by atoms with Gasteiger partial charge in [-0.15, -0.1) is 11.3 Å². The molecule has 1 aliphatic rings. The predicted octanol–water partition coefficient (Wildman–Crippen LogP) is 3.02. The van der Waals surface area contributed by atoms with Crippen LogP contribution in [0, 0.1) is 0 Å². The van der Waals surface area contributed by atoms with Crippen LogP contribution >= 0.6 is 11.3 Å². The highest BCUT2D eigenvalue weighted by Crippen LogP contribution is 2.31. The van der Waals surface area contributed by atoms with Crippen LogP contribution in [0.3, 0.4) is 0 Å². The number of carbonyl (C=O) groups excluding carboxylic acids is 1. The van der Waals surface area contributed by atoms with Crippen LogP contribution in [0.5, 0.6) is 0 Å². The zero-order chi connectivity index (χ0) is 16.9. The fourth-order valence-corrected chi connectivity index (χ4v) is 3.67. The predicted molar refractivity (Wildman–Crippen MR) is 93.2 cm³/mol. The van der Waals surface area contributed by atoms with Crippen molar-refractivity contribution in [1.29, 1.82) is 0 Å². The third-order valence-corrected chi connectivity index (χ3v) is 5.32. The summed E-state index contributed by atoms with van der Waals surface area (Å²) in [5, 5.41) is 13.4. The minimum absolute atomic E-state index is 0.0202. The Kier molecular flexibility index (Phi) is 5.60. The van der Waals surface area contributed by atoms with E-state index in [1.54, 1.807) is 6.20 Å².